The minimum absolute atomic E-state index is 0. The first-order valence-corrected chi connectivity index (χ1v) is 9.33. The van der Waals surface area contributed by atoms with Gasteiger partial charge in [0, 0.05) is 37.0 Å². The summed E-state index contributed by atoms with van der Waals surface area (Å²) in [5.41, 5.74) is 1.52. The number of methoxy groups -OCH3 is 2. The molecule has 2 rings (SSSR count). The van der Waals surface area contributed by atoms with Crippen molar-refractivity contribution in [2.24, 2.45) is 4.99 Å². The Morgan fingerprint density at radius 1 is 1.00 bits per heavy atom. The summed E-state index contributed by atoms with van der Waals surface area (Å²) in [5.74, 6) is 2.48. The molecule has 0 aliphatic rings. The van der Waals surface area contributed by atoms with Crippen LogP contribution in [0.5, 0.6) is 17.2 Å². The molecule has 2 aromatic rings. The fraction of sp³-hybridized carbons (Fsp3) is 0.333. The molecule has 8 nitrogen and oxygen atoms in total. The Labute approximate surface area is 194 Å². The summed E-state index contributed by atoms with van der Waals surface area (Å²) in [6.45, 7) is 5.03. The van der Waals surface area contributed by atoms with Gasteiger partial charge in [0.2, 0.25) is 5.91 Å². The van der Waals surface area contributed by atoms with E-state index in [0.717, 1.165) is 12.2 Å². The molecule has 0 atom stereocenters. The van der Waals surface area contributed by atoms with Crippen LogP contribution in [0.15, 0.2) is 47.5 Å². The topological polar surface area (TPSA) is 93.2 Å². The molecule has 164 valence electrons. The van der Waals surface area contributed by atoms with Crippen molar-refractivity contribution < 1.29 is 19.0 Å². The van der Waals surface area contributed by atoms with E-state index in [9.17, 15) is 4.79 Å². The zero-order valence-electron chi connectivity index (χ0n) is 17.7. The molecule has 0 saturated carbocycles. The molecule has 0 saturated heterocycles. The summed E-state index contributed by atoms with van der Waals surface area (Å²) in [6, 6.07) is 12.8. The van der Waals surface area contributed by atoms with Crippen molar-refractivity contribution in [1.82, 2.24) is 5.32 Å². The molecule has 2 aromatic carbocycles. The number of halogens is 1. The third-order valence-corrected chi connectivity index (χ3v) is 3.77. The number of carbonyl (C=O) groups excluding carboxylic acids is 1. The molecule has 0 bridgehead atoms. The van der Waals surface area contributed by atoms with Gasteiger partial charge < -0.3 is 30.2 Å². The number of amides is 1. The van der Waals surface area contributed by atoms with E-state index in [1.807, 2.05) is 43.3 Å². The fourth-order valence-electron chi connectivity index (χ4n) is 2.55. The summed E-state index contributed by atoms with van der Waals surface area (Å²) in [7, 11) is 3.20. The molecule has 1 amide bonds. The molecule has 0 aromatic heterocycles. The number of benzene rings is 2. The first-order valence-electron chi connectivity index (χ1n) is 9.33. The molecule has 0 radical (unpaired) electrons. The monoisotopic (exact) mass is 528 g/mol. The standard InChI is InChI=1S/C21H28N4O4.HI/c1-5-22-21(25-17-9-10-19(27-3)20(14-17)28-4)23-11-12-29-18-8-6-7-16(13-18)24-15(2)26;/h6-10,13-14H,5,11-12H2,1-4H3,(H,24,26)(H2,22,23,25);1H. The summed E-state index contributed by atoms with van der Waals surface area (Å²) >= 11 is 0. The molecule has 0 fully saturated rings. The summed E-state index contributed by atoms with van der Waals surface area (Å²) in [5, 5.41) is 9.16. The largest absolute Gasteiger partial charge is 0.493 e. The average Bonchev–Trinajstić information content (AvgIpc) is 2.71. The van der Waals surface area contributed by atoms with Crippen LogP contribution in [0, 0.1) is 0 Å². The maximum atomic E-state index is 11.1. The second-order valence-electron chi connectivity index (χ2n) is 6.01. The molecule has 0 spiro atoms. The molecular weight excluding hydrogens is 499 g/mol. The van der Waals surface area contributed by atoms with Crippen molar-refractivity contribution in [2.45, 2.75) is 13.8 Å². The lowest BCUT2D eigenvalue weighted by molar-refractivity contribution is -0.114. The van der Waals surface area contributed by atoms with E-state index in [4.69, 9.17) is 14.2 Å². The molecular formula is C21H29IN4O4. The van der Waals surface area contributed by atoms with Crippen LogP contribution in [0.4, 0.5) is 11.4 Å². The SMILES string of the molecule is CCNC(=NCCOc1cccc(NC(C)=O)c1)Nc1ccc(OC)c(OC)c1.I. The number of hydrogen-bond acceptors (Lipinski definition) is 5. The highest BCUT2D eigenvalue weighted by Gasteiger charge is 2.06. The highest BCUT2D eigenvalue weighted by Crippen LogP contribution is 2.29. The quantitative estimate of drug-likeness (QED) is 0.199. The van der Waals surface area contributed by atoms with E-state index < -0.39 is 0 Å². The first kappa shape index (κ1) is 25.3. The van der Waals surface area contributed by atoms with Gasteiger partial charge >= 0.3 is 0 Å². The smallest absolute Gasteiger partial charge is 0.221 e. The maximum Gasteiger partial charge on any atom is 0.221 e. The van der Waals surface area contributed by atoms with Crippen LogP contribution in [-0.2, 0) is 4.79 Å². The van der Waals surface area contributed by atoms with Gasteiger partial charge in [0.25, 0.3) is 0 Å². The van der Waals surface area contributed by atoms with E-state index >= 15 is 0 Å². The van der Waals surface area contributed by atoms with Gasteiger partial charge in [-0.15, -0.1) is 24.0 Å². The minimum Gasteiger partial charge on any atom is -0.493 e. The van der Waals surface area contributed by atoms with Crippen LogP contribution in [-0.4, -0.2) is 45.8 Å². The van der Waals surface area contributed by atoms with E-state index in [1.165, 1.54) is 6.92 Å². The average molecular weight is 528 g/mol. The molecule has 0 heterocycles. The predicted molar refractivity (Wildman–Crippen MR) is 131 cm³/mol. The van der Waals surface area contributed by atoms with Gasteiger partial charge in [0.05, 0.1) is 20.8 Å². The van der Waals surface area contributed by atoms with E-state index in [-0.39, 0.29) is 29.9 Å². The molecule has 0 aliphatic carbocycles. The van der Waals surface area contributed by atoms with E-state index in [2.05, 4.69) is 20.9 Å². The Balaban J connectivity index is 0.00000450. The van der Waals surface area contributed by atoms with Crippen LogP contribution in [0.3, 0.4) is 0 Å². The number of hydrogen-bond donors (Lipinski definition) is 3. The van der Waals surface area contributed by atoms with Crippen LogP contribution in [0.25, 0.3) is 0 Å². The third-order valence-electron chi connectivity index (χ3n) is 3.77. The number of nitrogens with one attached hydrogen (secondary N) is 3. The molecule has 0 aliphatic heterocycles. The molecule has 3 N–H and O–H groups in total. The van der Waals surface area contributed by atoms with Crippen molar-refractivity contribution in [3.8, 4) is 17.2 Å². The van der Waals surface area contributed by atoms with Gasteiger partial charge in [0.1, 0.15) is 12.4 Å². The van der Waals surface area contributed by atoms with Gasteiger partial charge in [-0.1, -0.05) is 6.07 Å². The van der Waals surface area contributed by atoms with Crippen molar-refractivity contribution in [2.75, 3.05) is 44.5 Å². The summed E-state index contributed by atoms with van der Waals surface area (Å²) < 4.78 is 16.3. The molecule has 30 heavy (non-hydrogen) atoms. The lowest BCUT2D eigenvalue weighted by Gasteiger charge is -2.14. The van der Waals surface area contributed by atoms with Crippen molar-refractivity contribution in [1.29, 1.82) is 0 Å². The number of rotatable bonds is 9. The molecule has 0 unspecified atom stereocenters. The van der Waals surface area contributed by atoms with Gasteiger partial charge in [-0.3, -0.25) is 4.79 Å². The number of carbonyl (C=O) groups is 1. The van der Waals surface area contributed by atoms with Gasteiger partial charge in [-0.2, -0.15) is 0 Å². The molecule has 9 heteroatoms. The van der Waals surface area contributed by atoms with E-state index in [0.29, 0.717) is 42.0 Å². The van der Waals surface area contributed by atoms with Crippen LogP contribution in [0.1, 0.15) is 13.8 Å². The van der Waals surface area contributed by atoms with Crippen molar-refractivity contribution in [3.05, 3.63) is 42.5 Å². The lowest BCUT2D eigenvalue weighted by Crippen LogP contribution is -2.31. The second kappa shape index (κ2) is 13.5. The normalized spacial score (nSPS) is 10.5. The highest BCUT2D eigenvalue weighted by atomic mass is 127. The van der Waals surface area contributed by atoms with Crippen LogP contribution in [0.2, 0.25) is 0 Å². The summed E-state index contributed by atoms with van der Waals surface area (Å²) in [4.78, 5) is 15.7. The maximum absolute atomic E-state index is 11.1. The Bertz CT molecular complexity index is 846. The summed E-state index contributed by atoms with van der Waals surface area (Å²) in [6.07, 6.45) is 0. The van der Waals surface area contributed by atoms with E-state index in [1.54, 1.807) is 20.3 Å². The van der Waals surface area contributed by atoms with Gasteiger partial charge in [-0.05, 0) is 31.2 Å². The lowest BCUT2D eigenvalue weighted by atomic mass is 10.3. The zero-order chi connectivity index (χ0) is 21.1. The van der Waals surface area contributed by atoms with Crippen molar-refractivity contribution >= 4 is 47.2 Å². The minimum atomic E-state index is -0.122. The second-order valence-corrected chi connectivity index (χ2v) is 6.01. The zero-order valence-corrected chi connectivity index (χ0v) is 20.0. The van der Waals surface area contributed by atoms with Gasteiger partial charge in [-0.25, -0.2) is 4.99 Å². The number of ether oxygens (including phenoxy) is 3. The van der Waals surface area contributed by atoms with Crippen LogP contribution < -0.4 is 30.2 Å². The number of nitrogens with zero attached hydrogens (tertiary/aromatic N) is 1. The Morgan fingerprint density at radius 2 is 1.73 bits per heavy atom. The van der Waals surface area contributed by atoms with Gasteiger partial charge in [0.15, 0.2) is 17.5 Å². The predicted octanol–water partition coefficient (Wildman–Crippen LogP) is 3.74. The van der Waals surface area contributed by atoms with Crippen molar-refractivity contribution in [3.63, 3.8) is 0 Å². The number of anilines is 2. The Kier molecular flexibility index (Phi) is 11.4. The first-order chi connectivity index (χ1) is 14.0. The fourth-order valence-corrected chi connectivity index (χ4v) is 2.55. The highest BCUT2D eigenvalue weighted by molar-refractivity contribution is 14.0. The Morgan fingerprint density at radius 3 is 2.40 bits per heavy atom. The number of aliphatic imine (C=N–C) groups is 1. The number of guanidine groups is 1. The Hall–Kier alpha value is -2.69. The van der Waals surface area contributed by atoms with Crippen LogP contribution >= 0.6 is 24.0 Å². The third kappa shape index (κ3) is 8.36.